The maximum atomic E-state index is 12.6. The van der Waals surface area contributed by atoms with Gasteiger partial charge in [-0.25, -0.2) is 4.79 Å². The highest BCUT2D eigenvalue weighted by Gasteiger charge is 2.39. The Bertz CT molecular complexity index is 565. The van der Waals surface area contributed by atoms with E-state index in [1.54, 1.807) is 24.5 Å². The third-order valence-corrected chi connectivity index (χ3v) is 9.90. The molecule has 0 fully saturated rings. The molecule has 5 heteroatoms. The lowest BCUT2D eigenvalue weighted by Gasteiger charge is -2.28. The second kappa shape index (κ2) is 12.9. The molecular weight excluding hydrogens is 357 g/mol. The first-order valence-corrected chi connectivity index (χ1v) is 12.8. The average molecular weight is 395 g/mol. The van der Waals surface area contributed by atoms with Crippen LogP contribution in [0.2, 0.25) is 0 Å². The van der Waals surface area contributed by atoms with Gasteiger partial charge in [0, 0.05) is 25.2 Å². The Labute approximate surface area is 165 Å². The summed E-state index contributed by atoms with van der Waals surface area (Å²) in [5, 5.41) is 10.9. The Kier molecular flexibility index (Phi) is 11.3. The number of hydrogen-bond acceptors (Lipinski definition) is 4. The predicted octanol–water partition coefficient (Wildman–Crippen LogP) is 5.94. The number of rotatable bonds is 13. The van der Waals surface area contributed by atoms with Gasteiger partial charge in [-0.3, -0.25) is 4.98 Å². The smallest absolute Gasteiger partial charge is 0.341 e. The Morgan fingerprint density at radius 2 is 1.48 bits per heavy atom. The first-order valence-electron chi connectivity index (χ1n) is 10.3. The number of nitrogens with zero attached hydrogens (tertiary/aromatic N) is 1. The van der Waals surface area contributed by atoms with Crippen molar-refractivity contribution >= 4 is 19.0 Å². The molecular formula is C22H37NO3P+. The molecule has 1 rings (SSSR count). The zero-order valence-corrected chi connectivity index (χ0v) is 18.4. The molecule has 1 heterocycles. The fourth-order valence-corrected chi connectivity index (χ4v) is 8.49. The van der Waals surface area contributed by atoms with Crippen molar-refractivity contribution in [3.05, 3.63) is 35.7 Å². The van der Waals surface area contributed by atoms with E-state index in [0.29, 0.717) is 17.3 Å². The lowest BCUT2D eigenvalue weighted by molar-refractivity contribution is -0.136. The molecule has 0 unspecified atom stereocenters. The van der Waals surface area contributed by atoms with Crippen molar-refractivity contribution < 1.29 is 14.6 Å². The van der Waals surface area contributed by atoms with Crippen molar-refractivity contribution in [3.8, 4) is 0 Å². The highest BCUT2D eigenvalue weighted by molar-refractivity contribution is 7.76. The molecule has 27 heavy (non-hydrogen) atoms. The summed E-state index contributed by atoms with van der Waals surface area (Å²) in [6.45, 7) is 6.67. The SMILES string of the molecule is CCCC[P+](CCCC)(CCCC)C/C(C(=O)OC)=C(\O)c1ccncc1. The predicted molar refractivity (Wildman–Crippen MR) is 117 cm³/mol. The molecule has 0 aliphatic rings. The van der Waals surface area contributed by atoms with E-state index in [1.807, 2.05) is 0 Å². The average Bonchev–Trinajstić information content (AvgIpc) is 2.72. The molecule has 1 aromatic rings. The molecule has 0 amide bonds. The zero-order chi connectivity index (χ0) is 20.1. The lowest BCUT2D eigenvalue weighted by atomic mass is 10.1. The first-order chi connectivity index (χ1) is 13.0. The Morgan fingerprint density at radius 3 is 1.89 bits per heavy atom. The van der Waals surface area contributed by atoms with Gasteiger partial charge in [0.05, 0.1) is 31.8 Å². The van der Waals surface area contributed by atoms with Gasteiger partial charge in [0.2, 0.25) is 0 Å². The van der Waals surface area contributed by atoms with E-state index in [0.717, 1.165) is 19.3 Å². The molecule has 1 aromatic heterocycles. The molecule has 152 valence electrons. The van der Waals surface area contributed by atoms with Crippen LogP contribution in [0.3, 0.4) is 0 Å². The van der Waals surface area contributed by atoms with Crippen LogP contribution < -0.4 is 0 Å². The van der Waals surface area contributed by atoms with Crippen molar-refractivity contribution in [2.75, 3.05) is 31.8 Å². The van der Waals surface area contributed by atoms with Crippen LogP contribution in [0.5, 0.6) is 0 Å². The third kappa shape index (κ3) is 7.62. The van der Waals surface area contributed by atoms with Crippen molar-refractivity contribution in [1.82, 2.24) is 4.98 Å². The van der Waals surface area contributed by atoms with Crippen LogP contribution in [0.1, 0.15) is 64.9 Å². The van der Waals surface area contributed by atoms with Crippen LogP contribution in [-0.4, -0.2) is 47.8 Å². The van der Waals surface area contributed by atoms with E-state index < -0.39 is 13.2 Å². The fourth-order valence-electron chi connectivity index (χ4n) is 3.43. The monoisotopic (exact) mass is 394 g/mol. The second-order valence-corrected chi connectivity index (χ2v) is 11.6. The van der Waals surface area contributed by atoms with Crippen molar-refractivity contribution in [1.29, 1.82) is 0 Å². The molecule has 0 atom stereocenters. The number of esters is 1. The van der Waals surface area contributed by atoms with Crippen molar-refractivity contribution in [2.45, 2.75) is 59.3 Å². The minimum Gasteiger partial charge on any atom is -0.507 e. The largest absolute Gasteiger partial charge is 0.507 e. The van der Waals surface area contributed by atoms with Crippen LogP contribution >= 0.6 is 7.26 Å². The zero-order valence-electron chi connectivity index (χ0n) is 17.5. The summed E-state index contributed by atoms with van der Waals surface area (Å²) in [6, 6.07) is 3.48. The van der Waals surface area contributed by atoms with Gasteiger partial charge in [-0.05, 0) is 31.4 Å². The van der Waals surface area contributed by atoms with E-state index in [4.69, 9.17) is 4.74 Å². The van der Waals surface area contributed by atoms with Gasteiger partial charge < -0.3 is 9.84 Å². The molecule has 0 aliphatic heterocycles. The van der Waals surface area contributed by atoms with Crippen LogP contribution in [0.15, 0.2) is 30.1 Å². The summed E-state index contributed by atoms with van der Waals surface area (Å²) < 4.78 is 5.06. The van der Waals surface area contributed by atoms with Crippen LogP contribution in [0.25, 0.3) is 5.76 Å². The number of hydrogen-bond donors (Lipinski definition) is 1. The maximum Gasteiger partial charge on any atom is 0.341 e. The fraction of sp³-hybridized carbons (Fsp3) is 0.636. The van der Waals surface area contributed by atoms with E-state index in [9.17, 15) is 9.90 Å². The van der Waals surface area contributed by atoms with E-state index in [1.165, 1.54) is 44.9 Å². The molecule has 0 aromatic carbocycles. The van der Waals surface area contributed by atoms with E-state index in [-0.39, 0.29) is 5.76 Å². The highest BCUT2D eigenvalue weighted by Crippen LogP contribution is 2.62. The van der Waals surface area contributed by atoms with Crippen LogP contribution in [-0.2, 0) is 9.53 Å². The minimum atomic E-state index is -1.38. The molecule has 0 bridgehead atoms. The summed E-state index contributed by atoms with van der Waals surface area (Å²) in [7, 11) is 0.0177. The number of aliphatic hydroxyl groups is 1. The number of methoxy groups -OCH3 is 1. The Balaban J connectivity index is 3.31. The summed E-state index contributed by atoms with van der Waals surface area (Å²) in [6.07, 6.45) is 14.5. The summed E-state index contributed by atoms with van der Waals surface area (Å²) in [5.41, 5.74) is 1.07. The Hall–Kier alpha value is -1.41. The van der Waals surface area contributed by atoms with Crippen LogP contribution in [0.4, 0.5) is 0 Å². The summed E-state index contributed by atoms with van der Waals surface area (Å²) >= 11 is 0. The number of carbonyl (C=O) groups is 1. The first kappa shape index (κ1) is 23.6. The van der Waals surface area contributed by atoms with Gasteiger partial charge in [0.25, 0.3) is 0 Å². The lowest BCUT2D eigenvalue weighted by Crippen LogP contribution is -2.19. The molecule has 0 saturated carbocycles. The van der Waals surface area contributed by atoms with E-state index in [2.05, 4.69) is 25.8 Å². The molecule has 0 saturated heterocycles. The molecule has 1 N–H and O–H groups in total. The summed E-state index contributed by atoms with van der Waals surface area (Å²) in [4.78, 5) is 16.6. The van der Waals surface area contributed by atoms with Crippen LogP contribution in [0, 0.1) is 0 Å². The van der Waals surface area contributed by atoms with Crippen molar-refractivity contribution in [2.24, 2.45) is 0 Å². The summed E-state index contributed by atoms with van der Waals surface area (Å²) in [5.74, 6) is -0.351. The normalized spacial score (nSPS) is 12.6. The second-order valence-electron chi connectivity index (χ2n) is 7.29. The number of pyridine rings is 1. The van der Waals surface area contributed by atoms with Gasteiger partial charge in [-0.2, -0.15) is 0 Å². The van der Waals surface area contributed by atoms with Crippen molar-refractivity contribution in [3.63, 3.8) is 0 Å². The molecule has 4 nitrogen and oxygen atoms in total. The standard InChI is InChI=1S/C22H36NO3P/c1-5-8-15-27(16-9-6-2,17-10-7-3)18-20(22(25)26-4)21(24)19-11-13-23-14-12-19/h11-14H,5-10,15-18H2,1-4H3/p+1. The third-order valence-electron chi connectivity index (χ3n) is 5.12. The number of aromatic nitrogens is 1. The van der Waals surface area contributed by atoms with Gasteiger partial charge in [-0.1, -0.05) is 40.0 Å². The van der Waals surface area contributed by atoms with E-state index >= 15 is 0 Å². The maximum absolute atomic E-state index is 12.6. The number of unbranched alkanes of at least 4 members (excludes halogenated alkanes) is 3. The minimum absolute atomic E-state index is 0.0538. The topological polar surface area (TPSA) is 59.4 Å². The van der Waals surface area contributed by atoms with Gasteiger partial charge in [0.1, 0.15) is 11.3 Å². The number of ether oxygens (including phenoxy) is 1. The Morgan fingerprint density at radius 1 is 1.00 bits per heavy atom. The van der Waals surface area contributed by atoms with Gasteiger partial charge in [-0.15, -0.1) is 0 Å². The van der Waals surface area contributed by atoms with Gasteiger partial charge >= 0.3 is 5.97 Å². The number of carbonyl (C=O) groups excluding carboxylic acids is 1. The molecule has 0 radical (unpaired) electrons. The van der Waals surface area contributed by atoms with Gasteiger partial charge in [0.15, 0.2) is 0 Å². The number of aliphatic hydroxyl groups excluding tert-OH is 1. The highest BCUT2D eigenvalue weighted by atomic mass is 31.2. The molecule has 0 spiro atoms. The molecule has 0 aliphatic carbocycles. The quantitative estimate of drug-likeness (QED) is 0.195.